The van der Waals surface area contributed by atoms with Gasteiger partial charge in [-0.2, -0.15) is 0 Å². The van der Waals surface area contributed by atoms with Gasteiger partial charge in [-0.1, -0.05) is 0 Å². The number of hydrogen-bond acceptors (Lipinski definition) is 6. The van der Waals surface area contributed by atoms with Gasteiger partial charge in [-0.25, -0.2) is 0 Å². The van der Waals surface area contributed by atoms with E-state index < -0.39 is 32.6 Å². The molecule has 0 amide bonds. The van der Waals surface area contributed by atoms with Crippen LogP contribution in [0.15, 0.2) is 0 Å². The van der Waals surface area contributed by atoms with E-state index in [-0.39, 0.29) is 83.4 Å². The minimum Gasteiger partial charge on any atom is -0.512 e. The normalized spacial score (nSPS) is 12.4. The van der Waals surface area contributed by atoms with Crippen molar-refractivity contribution in [3.05, 3.63) is 26.3 Å². The van der Waals surface area contributed by atoms with Crippen LogP contribution in [0, 0.1) is 47.3 Å². The second-order valence-electron chi connectivity index (χ2n) is 19.5. The topological polar surface area (TPSA) is 114 Å². The predicted octanol–water partition coefficient (Wildman–Crippen LogP) is 13.3. The predicted molar refractivity (Wildman–Crippen MR) is 213 cm³/mol. The second kappa shape index (κ2) is 26.7. The van der Waals surface area contributed by atoms with Crippen LogP contribution in [-0.4, -0.2) is 41.2 Å². The first kappa shape index (κ1) is 67.1. The van der Waals surface area contributed by atoms with Crippen molar-refractivity contribution in [2.45, 2.75) is 207 Å². The first-order chi connectivity index (χ1) is 19.9. The van der Waals surface area contributed by atoms with Crippen LogP contribution in [-0.2, 0) is 50.8 Å². The summed E-state index contributed by atoms with van der Waals surface area (Å²) in [6.07, 6.45) is 0. The summed E-state index contributed by atoms with van der Waals surface area (Å²) in [4.78, 5) is 0. The first-order valence-electron chi connectivity index (χ1n) is 15.7. The summed E-state index contributed by atoms with van der Waals surface area (Å²) < 4.78 is 13.8. The zero-order valence-corrected chi connectivity index (χ0v) is 43.8. The Morgan fingerprint density at radius 2 is 0.312 bits per heavy atom. The van der Waals surface area contributed by atoms with E-state index in [0.29, 0.717) is 0 Å². The van der Waals surface area contributed by atoms with Crippen LogP contribution in [0.2, 0.25) is 0 Å². The average molecular weight is 1110 g/mol. The largest absolute Gasteiger partial charge is 0.512 e. The van der Waals surface area contributed by atoms with Crippen LogP contribution in [0.3, 0.4) is 0 Å². The molecule has 0 saturated carbocycles. The van der Waals surface area contributed by atoms with Crippen molar-refractivity contribution in [2.24, 2.45) is 0 Å². The molecule has 0 aromatic rings. The van der Waals surface area contributed by atoms with E-state index in [1.54, 1.807) is 0 Å². The molecule has 0 aliphatic carbocycles. The van der Waals surface area contributed by atoms with E-state index in [1.807, 2.05) is 0 Å². The molecule has 0 aromatic carbocycles. The third-order valence-electron chi connectivity index (χ3n) is 5.86. The maximum atomic E-state index is 6.91. The van der Waals surface area contributed by atoms with Gasteiger partial charge in [-0.15, -0.1) is 8.62 Å². The molecule has 292 valence electrons. The molecule has 6 nitrogen and oxygen atoms in total. The van der Waals surface area contributed by atoms with E-state index in [4.69, 9.17) is 56.0 Å². The van der Waals surface area contributed by atoms with Gasteiger partial charge in [-0.05, 0) is 166 Å². The quantitative estimate of drug-likeness (QED) is 0.205. The van der Waals surface area contributed by atoms with Crippen LogP contribution < -0.4 is 0 Å². The fraction of sp³-hybridized carbons (Fsp3) is 0.889. The summed E-state index contributed by atoms with van der Waals surface area (Å²) in [6, 6.07) is 0. The molecule has 0 unspecified atom stereocenters. The molecule has 0 saturated heterocycles. The maximum Gasteiger partial charge on any atom is 0.191 e. The van der Waals surface area contributed by atoms with Gasteiger partial charge in [0.1, 0.15) is 41.2 Å². The van der Waals surface area contributed by atoms with Crippen molar-refractivity contribution in [2.75, 3.05) is 0 Å². The van der Waals surface area contributed by atoms with Gasteiger partial charge in [0.25, 0.3) is 0 Å². The number of nitrogens with zero attached hydrogens (tertiary/aromatic N) is 4. The fourth-order valence-electron chi connectivity index (χ4n) is 5.93. The smallest absolute Gasteiger partial charge is 0.191 e. The summed E-state index contributed by atoms with van der Waals surface area (Å²) in [6.45, 7) is 75.3. The minimum atomic E-state index is -0.894. The third kappa shape index (κ3) is 30.6. The van der Waals surface area contributed by atoms with Crippen molar-refractivity contribution in [1.29, 1.82) is 21.0 Å². The minimum absolute atomic E-state index is 0. The summed E-state index contributed by atoms with van der Waals surface area (Å²) in [7, 11) is -3.58. The molecule has 0 rings (SSSR count). The monoisotopic (exact) mass is 1110 g/mol. The van der Waals surface area contributed by atoms with Gasteiger partial charge in [0.05, 0.1) is 0 Å². The van der Waals surface area contributed by atoms with E-state index in [1.165, 1.54) is 0 Å². The Morgan fingerprint density at radius 1 is 0.250 bits per heavy atom. The Morgan fingerprint density at radius 3 is 0.354 bits per heavy atom. The van der Waals surface area contributed by atoms with Gasteiger partial charge < -0.3 is 47.3 Å². The molecule has 0 atom stereocenters. The summed E-state index contributed by atoms with van der Waals surface area (Å²) in [5, 5.41) is 27.2. The Labute approximate surface area is 335 Å². The molecular formula is C36H76N4O2P4Pt2. The molecule has 0 fully saturated rings. The molecular weight excluding hydrogens is 1030 g/mol. The average Bonchev–Trinajstić information content (AvgIpc) is 2.78. The van der Waals surface area contributed by atoms with E-state index >= 15 is 0 Å². The van der Waals surface area contributed by atoms with Crippen molar-refractivity contribution < 1.29 is 50.8 Å². The standard InChI is InChI=1S/2C16H36OP2.4CN.2Pt/c2*1-13(2,3)18(14(4,5)6)17-19(15(7,8)9)16(10,11)12;4*1-2;;/h2*1-12H3;;;;;;/q;;4*-1;;/p+4. The van der Waals surface area contributed by atoms with Crippen LogP contribution in [0.5, 0.6) is 0 Å². The zero-order valence-electron chi connectivity index (χ0n) is 35.2. The molecule has 0 aliphatic rings. The Kier molecular flexibility index (Phi) is 37.3. The molecule has 0 aromatic heterocycles. The van der Waals surface area contributed by atoms with Gasteiger partial charge in [0.2, 0.25) is 0 Å². The number of rotatable bonds is 4. The SMILES string of the molecule is CC(C)(C)[PH+](O[PH+](C(C)(C)C)C(C)(C)C)C(C)(C)C.CC(C)(C)[PH+](O[PH+](C(C)(C)C)C(C)(C)C)C(C)(C)C.[C-]#N.[C-]#N.[C-]#N.[C-]#N.[Pt].[Pt]. The zero-order chi connectivity index (χ0) is 39.7. The molecule has 0 radical (unpaired) electrons. The molecule has 0 N–H and O–H groups in total. The molecule has 48 heavy (non-hydrogen) atoms. The van der Waals surface area contributed by atoms with Gasteiger partial charge in [-0.3, -0.25) is 0 Å². The molecule has 0 aliphatic heterocycles. The van der Waals surface area contributed by atoms with Crippen molar-refractivity contribution >= 4 is 32.6 Å². The Balaban J connectivity index is -0.0000000886. The molecule has 0 spiro atoms. The van der Waals surface area contributed by atoms with E-state index in [2.05, 4.69) is 166 Å². The summed E-state index contributed by atoms with van der Waals surface area (Å²) in [5.41, 5.74) is 0. The van der Waals surface area contributed by atoms with Crippen molar-refractivity contribution in [1.82, 2.24) is 0 Å². The van der Waals surface area contributed by atoms with E-state index in [0.717, 1.165) is 0 Å². The molecule has 0 bridgehead atoms. The fourth-order valence-corrected chi connectivity index (χ4v) is 26.4. The van der Waals surface area contributed by atoms with Gasteiger partial charge >= 0.3 is 0 Å². The van der Waals surface area contributed by atoms with Crippen LogP contribution in [0.4, 0.5) is 0 Å². The van der Waals surface area contributed by atoms with Crippen LogP contribution >= 0.6 is 32.6 Å². The van der Waals surface area contributed by atoms with Crippen LogP contribution in [0.25, 0.3) is 0 Å². The molecule has 12 heteroatoms. The van der Waals surface area contributed by atoms with Crippen molar-refractivity contribution in [3.63, 3.8) is 0 Å². The summed E-state index contributed by atoms with van der Waals surface area (Å²) >= 11 is 0. The molecule has 0 heterocycles. The summed E-state index contributed by atoms with van der Waals surface area (Å²) in [5.74, 6) is 0. The van der Waals surface area contributed by atoms with Crippen LogP contribution in [0.1, 0.15) is 166 Å². The third-order valence-corrected chi connectivity index (χ3v) is 20.0. The first-order valence-corrected chi connectivity index (χ1v) is 21.3. The Hall–Kier alpha value is 0.977. The maximum absolute atomic E-state index is 6.91. The van der Waals surface area contributed by atoms with Crippen molar-refractivity contribution in [3.8, 4) is 0 Å². The second-order valence-corrected chi connectivity index (χ2v) is 35.8. The Bertz CT molecular complexity index is 684. The van der Waals surface area contributed by atoms with E-state index in [9.17, 15) is 0 Å². The number of hydrogen-bond donors (Lipinski definition) is 0. The van der Waals surface area contributed by atoms with Gasteiger partial charge in [0.15, 0.2) is 32.6 Å². The van der Waals surface area contributed by atoms with Gasteiger partial charge in [0, 0.05) is 42.1 Å².